The van der Waals surface area contributed by atoms with Crippen LogP contribution < -0.4 is 5.43 Å². The molecule has 1 N–H and O–H groups in total. The van der Waals surface area contributed by atoms with E-state index in [1.807, 2.05) is 36.6 Å². The number of nitro benzene ring substituents is 1. The molecule has 2 aromatic heterocycles. The standard InChI is InChI=1S/C24H18Cl2N4O4/c1-14-3-4-15(2)29(14)16-5-8-19(22(26)12-16)24(31)28-27-13-18-7-10-23(34-18)20-11-17(30(32)33)6-9-21(20)25/h3-13H,1-2H3,(H,28,31)/b27-13+. The summed E-state index contributed by atoms with van der Waals surface area (Å²) in [5.74, 6) is 0.163. The highest BCUT2D eigenvalue weighted by Crippen LogP contribution is 2.32. The second kappa shape index (κ2) is 9.54. The maximum absolute atomic E-state index is 12.5. The van der Waals surface area contributed by atoms with Gasteiger partial charge in [-0.1, -0.05) is 23.2 Å². The first-order valence-corrected chi connectivity index (χ1v) is 10.8. The molecule has 0 saturated heterocycles. The first kappa shape index (κ1) is 23.3. The number of aryl methyl sites for hydroxylation is 2. The molecule has 2 heterocycles. The lowest BCUT2D eigenvalue weighted by Gasteiger charge is -2.11. The summed E-state index contributed by atoms with van der Waals surface area (Å²) < 4.78 is 7.68. The third-order valence-corrected chi connectivity index (χ3v) is 5.78. The van der Waals surface area contributed by atoms with Crippen LogP contribution in [0.1, 0.15) is 27.5 Å². The van der Waals surface area contributed by atoms with Crippen molar-refractivity contribution in [2.45, 2.75) is 13.8 Å². The van der Waals surface area contributed by atoms with E-state index in [1.165, 1.54) is 24.4 Å². The minimum absolute atomic E-state index is 0.108. The number of benzene rings is 2. The third kappa shape index (κ3) is 4.73. The second-order valence-corrected chi connectivity index (χ2v) is 8.25. The molecule has 4 rings (SSSR count). The van der Waals surface area contributed by atoms with E-state index in [2.05, 4.69) is 10.5 Å². The quantitative estimate of drug-likeness (QED) is 0.191. The summed E-state index contributed by atoms with van der Waals surface area (Å²) in [5, 5.41) is 15.5. The molecule has 172 valence electrons. The number of hydrogen-bond donors (Lipinski definition) is 1. The van der Waals surface area contributed by atoms with E-state index in [0.717, 1.165) is 17.1 Å². The van der Waals surface area contributed by atoms with E-state index in [9.17, 15) is 14.9 Å². The largest absolute Gasteiger partial charge is 0.455 e. The summed E-state index contributed by atoms with van der Waals surface area (Å²) >= 11 is 12.5. The van der Waals surface area contributed by atoms with Crippen LogP contribution in [0.3, 0.4) is 0 Å². The summed E-state index contributed by atoms with van der Waals surface area (Å²) in [6.07, 6.45) is 1.31. The van der Waals surface area contributed by atoms with Crippen LogP contribution in [0.5, 0.6) is 0 Å². The Morgan fingerprint density at radius 1 is 1.03 bits per heavy atom. The Morgan fingerprint density at radius 2 is 1.76 bits per heavy atom. The first-order chi connectivity index (χ1) is 16.2. The Morgan fingerprint density at radius 3 is 2.44 bits per heavy atom. The topological polar surface area (TPSA) is 103 Å². The van der Waals surface area contributed by atoms with Crippen LogP contribution in [-0.4, -0.2) is 21.6 Å². The maximum Gasteiger partial charge on any atom is 0.272 e. The van der Waals surface area contributed by atoms with Crippen molar-refractivity contribution in [3.05, 3.63) is 104 Å². The molecule has 10 heteroatoms. The predicted molar refractivity (Wildman–Crippen MR) is 131 cm³/mol. The Hall–Kier alpha value is -3.88. The number of carbonyl (C=O) groups excluding carboxylic acids is 1. The Kier molecular flexibility index (Phi) is 6.54. The zero-order valence-corrected chi connectivity index (χ0v) is 19.6. The van der Waals surface area contributed by atoms with Gasteiger partial charge in [-0.2, -0.15) is 5.10 Å². The molecule has 8 nitrogen and oxygen atoms in total. The van der Waals surface area contributed by atoms with Crippen LogP contribution in [0.4, 0.5) is 5.69 Å². The van der Waals surface area contributed by atoms with Gasteiger partial charge in [0.2, 0.25) is 0 Å². The number of aromatic nitrogens is 1. The van der Waals surface area contributed by atoms with Crippen molar-refractivity contribution in [1.29, 1.82) is 0 Å². The molecule has 34 heavy (non-hydrogen) atoms. The molecule has 0 aliphatic heterocycles. The third-order valence-electron chi connectivity index (χ3n) is 5.14. The lowest BCUT2D eigenvalue weighted by Crippen LogP contribution is -2.18. The molecular weight excluding hydrogens is 479 g/mol. The van der Waals surface area contributed by atoms with Gasteiger partial charge >= 0.3 is 0 Å². The number of halogens is 2. The zero-order chi connectivity index (χ0) is 24.4. The van der Waals surface area contributed by atoms with E-state index < -0.39 is 10.8 Å². The van der Waals surface area contributed by atoms with Crippen LogP contribution in [0.2, 0.25) is 10.0 Å². The zero-order valence-electron chi connectivity index (χ0n) is 18.1. The van der Waals surface area contributed by atoms with Crippen molar-refractivity contribution in [3.63, 3.8) is 0 Å². The molecule has 0 aliphatic carbocycles. The minimum Gasteiger partial charge on any atom is -0.455 e. The fraction of sp³-hybridized carbons (Fsp3) is 0.0833. The fourth-order valence-electron chi connectivity index (χ4n) is 3.50. The summed E-state index contributed by atoms with van der Waals surface area (Å²) in [5.41, 5.74) is 5.92. The van der Waals surface area contributed by atoms with Crippen molar-refractivity contribution in [2.24, 2.45) is 5.10 Å². The van der Waals surface area contributed by atoms with Crippen molar-refractivity contribution in [2.75, 3.05) is 0 Å². The lowest BCUT2D eigenvalue weighted by molar-refractivity contribution is -0.384. The number of nitrogens with zero attached hydrogens (tertiary/aromatic N) is 3. The van der Waals surface area contributed by atoms with Crippen molar-refractivity contribution in [3.8, 4) is 17.0 Å². The number of furan rings is 1. The van der Waals surface area contributed by atoms with Gasteiger partial charge in [0, 0.05) is 34.8 Å². The summed E-state index contributed by atoms with van der Waals surface area (Å²) in [7, 11) is 0. The average Bonchev–Trinajstić information content (AvgIpc) is 3.39. The number of non-ortho nitro benzene ring substituents is 1. The van der Waals surface area contributed by atoms with Gasteiger partial charge in [-0.25, -0.2) is 5.43 Å². The molecule has 0 bridgehead atoms. The van der Waals surface area contributed by atoms with Gasteiger partial charge in [-0.3, -0.25) is 14.9 Å². The Labute approximate surface area is 204 Å². The van der Waals surface area contributed by atoms with E-state index in [1.54, 1.807) is 24.3 Å². The van der Waals surface area contributed by atoms with Gasteiger partial charge < -0.3 is 8.98 Å². The smallest absolute Gasteiger partial charge is 0.272 e. The molecule has 1 amide bonds. The average molecular weight is 497 g/mol. The molecular formula is C24H18Cl2N4O4. The van der Waals surface area contributed by atoms with E-state index in [4.69, 9.17) is 27.6 Å². The molecule has 0 spiro atoms. The summed E-state index contributed by atoms with van der Waals surface area (Å²) in [6, 6.07) is 16.5. The van der Waals surface area contributed by atoms with Crippen molar-refractivity contribution >= 4 is 41.0 Å². The van der Waals surface area contributed by atoms with Gasteiger partial charge in [0.05, 0.1) is 26.7 Å². The van der Waals surface area contributed by atoms with Gasteiger partial charge in [0.1, 0.15) is 11.5 Å². The minimum atomic E-state index is -0.515. The number of amides is 1. The maximum atomic E-state index is 12.5. The molecule has 2 aromatic carbocycles. The lowest BCUT2D eigenvalue weighted by atomic mass is 10.1. The van der Waals surface area contributed by atoms with Crippen LogP contribution >= 0.6 is 23.2 Å². The van der Waals surface area contributed by atoms with Crippen LogP contribution in [0.25, 0.3) is 17.0 Å². The Bertz CT molecular complexity index is 1420. The summed E-state index contributed by atoms with van der Waals surface area (Å²) in [4.78, 5) is 23.0. The normalized spacial score (nSPS) is 11.2. The van der Waals surface area contributed by atoms with Crippen molar-refractivity contribution in [1.82, 2.24) is 9.99 Å². The van der Waals surface area contributed by atoms with Crippen LogP contribution in [0, 0.1) is 24.0 Å². The van der Waals surface area contributed by atoms with Gasteiger partial charge in [-0.05, 0) is 62.4 Å². The van der Waals surface area contributed by atoms with Crippen LogP contribution in [0.15, 0.2) is 70.2 Å². The van der Waals surface area contributed by atoms with Crippen molar-refractivity contribution < 1.29 is 14.1 Å². The highest BCUT2D eigenvalue weighted by molar-refractivity contribution is 6.34. The molecule has 0 fully saturated rings. The van der Waals surface area contributed by atoms with E-state index >= 15 is 0 Å². The van der Waals surface area contributed by atoms with Gasteiger partial charge in [0.25, 0.3) is 11.6 Å². The van der Waals surface area contributed by atoms with Gasteiger partial charge in [0.15, 0.2) is 0 Å². The monoisotopic (exact) mass is 496 g/mol. The first-order valence-electron chi connectivity index (χ1n) is 10.1. The molecule has 0 saturated carbocycles. The second-order valence-electron chi connectivity index (χ2n) is 7.44. The van der Waals surface area contributed by atoms with E-state index in [0.29, 0.717) is 27.1 Å². The van der Waals surface area contributed by atoms with Crippen LogP contribution in [-0.2, 0) is 0 Å². The molecule has 4 aromatic rings. The van der Waals surface area contributed by atoms with E-state index in [-0.39, 0.29) is 11.3 Å². The molecule has 0 unspecified atom stereocenters. The number of rotatable bonds is 6. The fourth-order valence-corrected chi connectivity index (χ4v) is 3.97. The number of hydrogen-bond acceptors (Lipinski definition) is 5. The highest BCUT2D eigenvalue weighted by atomic mass is 35.5. The SMILES string of the molecule is Cc1ccc(C)n1-c1ccc(C(=O)N/N=C/c2ccc(-c3cc([N+](=O)[O-])ccc3Cl)o2)c(Cl)c1. The number of nitrogens with one attached hydrogen (secondary N) is 1. The molecule has 0 atom stereocenters. The number of hydrazone groups is 1. The summed E-state index contributed by atoms with van der Waals surface area (Å²) in [6.45, 7) is 3.98. The number of carbonyl (C=O) groups is 1. The highest BCUT2D eigenvalue weighted by Gasteiger charge is 2.15. The molecule has 0 radical (unpaired) electrons. The van der Waals surface area contributed by atoms with Gasteiger partial charge in [-0.15, -0.1) is 0 Å². The molecule has 0 aliphatic rings. The predicted octanol–water partition coefficient (Wildman–Crippen LogP) is 6.33. The number of nitro groups is 1. The Balaban J connectivity index is 1.47.